The van der Waals surface area contributed by atoms with Gasteiger partial charge in [-0.3, -0.25) is 0 Å². The van der Waals surface area contributed by atoms with Crippen LogP contribution in [0.1, 0.15) is 0 Å². The van der Waals surface area contributed by atoms with Crippen molar-refractivity contribution < 1.29 is 132 Å². The van der Waals surface area contributed by atoms with Gasteiger partial charge in [0.15, 0.2) is 0 Å². The summed E-state index contributed by atoms with van der Waals surface area (Å²) >= 11 is 0. The van der Waals surface area contributed by atoms with Crippen LogP contribution in [0.4, 0.5) is 0 Å². The average molecular weight is 254 g/mol. The molecule has 0 aromatic heterocycles. The molecule has 0 aliphatic heterocycles. The average Bonchev–Trinajstić information content (AvgIpc) is 1.14. The first kappa shape index (κ1) is 19.6. The molecule has 0 aliphatic rings. The summed E-state index contributed by atoms with van der Waals surface area (Å²) in [6, 6.07) is 0. The van der Waals surface area contributed by atoms with Crippen molar-refractivity contribution in [1.82, 2.24) is 0 Å². The van der Waals surface area contributed by atoms with Gasteiger partial charge < -0.3 is 9.11 Å². The van der Waals surface area contributed by atoms with Crippen molar-refractivity contribution in [1.29, 1.82) is 0 Å². The molecule has 0 heterocycles. The second-order valence-electron chi connectivity index (χ2n) is 0.885. The summed E-state index contributed by atoms with van der Waals surface area (Å²) in [6.07, 6.45) is 0. The van der Waals surface area contributed by atoms with Gasteiger partial charge in [-0.15, -0.1) is 0 Å². The van der Waals surface area contributed by atoms with Crippen LogP contribution in [0.3, 0.4) is 0 Å². The molecule has 11 heavy (non-hydrogen) atoms. The van der Waals surface area contributed by atoms with Crippen LogP contribution in [0.5, 0.6) is 0 Å². The minimum absolute atomic E-state index is 0. The molecule has 0 radical (unpaired) electrons. The number of rotatable bonds is 2. The predicted molar refractivity (Wildman–Crippen MR) is 20.5 cm³/mol. The van der Waals surface area contributed by atoms with Gasteiger partial charge in [0.05, 0.1) is 0 Å². The van der Waals surface area contributed by atoms with E-state index < -0.39 is 20.8 Å². The van der Waals surface area contributed by atoms with E-state index in [4.69, 9.17) is 0 Å². The van der Waals surface area contributed by atoms with Crippen LogP contribution in [0.25, 0.3) is 0 Å². The van der Waals surface area contributed by atoms with E-state index in [1.54, 1.807) is 0 Å². The Kier molecular flexibility index (Phi) is 13.1. The fraction of sp³-hybridized carbons (Fsp3) is 0. The number of hydrogen-bond acceptors (Lipinski definition) is 7. The maximum absolute atomic E-state index is 9.29. The van der Waals surface area contributed by atoms with Gasteiger partial charge in [-0.05, 0) is 0 Å². The van der Waals surface area contributed by atoms with Crippen LogP contribution < -0.4 is 103 Å². The van der Waals surface area contributed by atoms with Crippen molar-refractivity contribution in [2.45, 2.75) is 0 Å². The van der Waals surface area contributed by atoms with Crippen LogP contribution in [-0.2, 0) is 24.4 Å². The topological polar surface area (TPSA) is 124 Å². The minimum Gasteiger partial charge on any atom is -0.725 e. The Bertz CT molecular complexity index is 240. The van der Waals surface area contributed by atoms with E-state index >= 15 is 0 Å². The van der Waals surface area contributed by atoms with E-state index in [0.29, 0.717) is 0 Å². The molecular weight excluding hydrogens is 254 g/mol. The first-order valence-electron chi connectivity index (χ1n) is 1.33. The zero-order valence-electron chi connectivity index (χ0n) is 5.67. The Balaban J connectivity index is -0.000000320. The maximum atomic E-state index is 9.29. The van der Waals surface area contributed by atoms with Gasteiger partial charge in [0.1, 0.15) is 0 Å². The molecule has 0 spiro atoms. The zero-order chi connectivity index (χ0) is 7.71. The molecular formula is K2O7S2. The first-order chi connectivity index (χ1) is 3.71. The molecule has 0 aromatic carbocycles. The third-order valence-corrected chi connectivity index (χ3v) is 1.50. The molecule has 0 aromatic rings. The summed E-state index contributed by atoms with van der Waals surface area (Å²) in [5.41, 5.74) is 0. The third-order valence-electron chi connectivity index (χ3n) is 0.167. The van der Waals surface area contributed by atoms with Crippen LogP contribution in [0, 0.1) is 0 Å². The van der Waals surface area contributed by atoms with E-state index in [9.17, 15) is 25.9 Å². The Labute approximate surface area is 149 Å². The molecule has 0 rings (SSSR count). The molecule has 0 amide bonds. The molecule has 0 bridgehead atoms. The fourth-order valence-corrected chi connectivity index (χ4v) is 0.919. The predicted octanol–water partition coefficient (Wildman–Crippen LogP) is -8.07. The quantitative estimate of drug-likeness (QED) is 0.272. The molecule has 0 N–H and O–H groups in total. The molecule has 7 nitrogen and oxygen atoms in total. The fourth-order valence-electron chi connectivity index (χ4n) is 0.102. The summed E-state index contributed by atoms with van der Waals surface area (Å²) in [6.45, 7) is 0. The van der Waals surface area contributed by atoms with E-state index in [0.717, 1.165) is 0 Å². The van der Waals surface area contributed by atoms with Crippen molar-refractivity contribution >= 4 is 20.8 Å². The first-order valence-corrected chi connectivity index (χ1v) is 4.00. The Morgan fingerprint density at radius 2 is 1.00 bits per heavy atom. The van der Waals surface area contributed by atoms with Crippen molar-refractivity contribution in [3.63, 3.8) is 0 Å². The second-order valence-corrected chi connectivity index (χ2v) is 3.06. The number of hydrogen-bond donors (Lipinski definition) is 0. The Morgan fingerprint density at radius 1 is 0.818 bits per heavy atom. The van der Waals surface area contributed by atoms with Gasteiger partial charge in [-0.2, -0.15) is 3.63 Å². The van der Waals surface area contributed by atoms with E-state index in [-0.39, 0.29) is 103 Å². The Morgan fingerprint density at radius 3 is 1.00 bits per heavy atom. The van der Waals surface area contributed by atoms with E-state index in [1.165, 1.54) is 0 Å². The molecule has 0 saturated heterocycles. The summed E-state index contributed by atoms with van der Waals surface area (Å²) in [4.78, 5) is 0. The minimum atomic E-state index is -5.43. The normalized spacial score (nSPS) is 11.1. The summed E-state index contributed by atoms with van der Waals surface area (Å²) in [5.74, 6) is 0. The van der Waals surface area contributed by atoms with Crippen LogP contribution in [-0.4, -0.2) is 25.9 Å². The molecule has 0 saturated carbocycles. The second kappa shape index (κ2) is 7.36. The van der Waals surface area contributed by atoms with Crippen LogP contribution >= 0.6 is 0 Å². The Hall–Kier alpha value is 3.05. The van der Waals surface area contributed by atoms with Gasteiger partial charge in [-0.1, -0.05) is 0 Å². The van der Waals surface area contributed by atoms with Gasteiger partial charge in [0.2, 0.25) is 20.8 Å². The summed E-state index contributed by atoms with van der Waals surface area (Å²) in [7, 11) is -10.9. The smallest absolute Gasteiger partial charge is 0.725 e. The maximum Gasteiger partial charge on any atom is 1.00 e. The van der Waals surface area contributed by atoms with Gasteiger partial charge in [0, 0.05) is 0 Å². The van der Waals surface area contributed by atoms with E-state index in [2.05, 4.69) is 3.63 Å². The van der Waals surface area contributed by atoms with Crippen molar-refractivity contribution in [2.75, 3.05) is 0 Å². The standard InChI is InChI=1S/2K.H2O7S2/c;;1-8(2,3)7-9(4,5)6/h;;(H,1,2,3)(H,4,5,6)/q2*+1;/p-2. The van der Waals surface area contributed by atoms with E-state index in [1.807, 2.05) is 0 Å². The molecule has 0 atom stereocenters. The van der Waals surface area contributed by atoms with Gasteiger partial charge in [-0.25, -0.2) is 16.8 Å². The van der Waals surface area contributed by atoms with Crippen LogP contribution in [0.15, 0.2) is 0 Å². The van der Waals surface area contributed by atoms with Crippen LogP contribution in [0.2, 0.25) is 0 Å². The van der Waals surface area contributed by atoms with Crippen molar-refractivity contribution in [3.8, 4) is 0 Å². The monoisotopic (exact) mass is 254 g/mol. The SMILES string of the molecule is O=S(=O)([O-])OS(=O)(=O)[O-].[K+].[K+]. The molecule has 56 valence electrons. The van der Waals surface area contributed by atoms with Gasteiger partial charge >= 0.3 is 103 Å². The zero-order valence-corrected chi connectivity index (χ0v) is 13.6. The molecule has 0 fully saturated rings. The van der Waals surface area contributed by atoms with Gasteiger partial charge in [0.25, 0.3) is 0 Å². The van der Waals surface area contributed by atoms with Crippen molar-refractivity contribution in [3.05, 3.63) is 0 Å². The molecule has 0 aliphatic carbocycles. The largest absolute Gasteiger partial charge is 1.00 e. The summed E-state index contributed by atoms with van der Waals surface area (Å²) in [5, 5.41) is 0. The third kappa shape index (κ3) is 19.5. The summed E-state index contributed by atoms with van der Waals surface area (Å²) < 4.78 is 58.2. The molecule has 11 heteroatoms. The van der Waals surface area contributed by atoms with Crippen molar-refractivity contribution in [2.24, 2.45) is 0 Å². The molecule has 0 unspecified atom stereocenters.